The molecule has 0 aliphatic carbocycles. The first-order chi connectivity index (χ1) is 12.5. The van der Waals surface area contributed by atoms with Gasteiger partial charge in [0, 0.05) is 23.4 Å². The Labute approximate surface area is 147 Å². The number of carbonyl (C=O) groups excluding carboxylic acids is 1. The van der Waals surface area contributed by atoms with E-state index in [9.17, 15) is 14.9 Å². The highest BCUT2D eigenvalue weighted by Crippen LogP contribution is 2.25. The molecule has 1 aromatic heterocycles. The van der Waals surface area contributed by atoms with Crippen molar-refractivity contribution in [1.29, 1.82) is 0 Å². The molecule has 132 valence electrons. The van der Waals surface area contributed by atoms with Crippen molar-refractivity contribution in [3.63, 3.8) is 0 Å². The minimum absolute atomic E-state index is 0.0725. The number of carbonyl (C=O) groups is 1. The van der Waals surface area contributed by atoms with Gasteiger partial charge in [-0.15, -0.1) is 10.2 Å². The summed E-state index contributed by atoms with van der Waals surface area (Å²) >= 11 is 0. The van der Waals surface area contributed by atoms with Crippen LogP contribution >= 0.6 is 0 Å². The smallest absolute Gasteiger partial charge is 0.341 e. The molecule has 0 saturated carbocycles. The summed E-state index contributed by atoms with van der Waals surface area (Å²) in [6.45, 7) is 1.55. The predicted octanol–water partition coefficient (Wildman–Crippen LogP) is 3.15. The molecule has 0 radical (unpaired) electrons. The van der Waals surface area contributed by atoms with E-state index in [4.69, 9.17) is 14.9 Å². The van der Waals surface area contributed by atoms with Gasteiger partial charge in [-0.05, 0) is 25.1 Å². The average molecular weight is 354 g/mol. The molecule has 0 bridgehead atoms. The maximum Gasteiger partial charge on any atom is 0.341 e. The number of hydrogen-bond acceptors (Lipinski definition) is 8. The van der Waals surface area contributed by atoms with Crippen LogP contribution in [0.5, 0.6) is 0 Å². The Morgan fingerprint density at radius 1 is 1.23 bits per heavy atom. The molecule has 0 saturated heterocycles. The van der Waals surface area contributed by atoms with Crippen molar-refractivity contribution in [2.24, 2.45) is 0 Å². The lowest BCUT2D eigenvalue weighted by molar-refractivity contribution is -0.384. The van der Waals surface area contributed by atoms with Gasteiger partial charge in [0.25, 0.3) is 11.6 Å². The molecule has 0 aliphatic rings. The van der Waals surface area contributed by atoms with E-state index in [1.54, 1.807) is 19.1 Å². The fraction of sp³-hybridized carbons (Fsp3) is 0.118. The van der Waals surface area contributed by atoms with Gasteiger partial charge >= 0.3 is 5.97 Å². The maximum absolute atomic E-state index is 12.3. The molecule has 3 aromatic rings. The molecule has 9 nitrogen and oxygen atoms in total. The Kier molecular flexibility index (Phi) is 4.61. The molecular formula is C17H14N4O5. The summed E-state index contributed by atoms with van der Waals surface area (Å²) < 4.78 is 10.8. The third kappa shape index (κ3) is 3.51. The average Bonchev–Trinajstić information content (AvgIpc) is 3.13. The second kappa shape index (κ2) is 7.01. The van der Waals surface area contributed by atoms with Crippen molar-refractivity contribution >= 4 is 17.3 Å². The van der Waals surface area contributed by atoms with Gasteiger partial charge in [0.2, 0.25) is 5.89 Å². The Balaban J connectivity index is 1.77. The lowest BCUT2D eigenvalue weighted by Gasteiger charge is -2.10. The number of rotatable bonds is 5. The number of aromatic nitrogens is 2. The zero-order valence-electron chi connectivity index (χ0n) is 13.7. The van der Waals surface area contributed by atoms with Crippen molar-refractivity contribution in [2.75, 3.05) is 5.73 Å². The molecule has 26 heavy (non-hydrogen) atoms. The molecule has 0 aliphatic heterocycles. The summed E-state index contributed by atoms with van der Waals surface area (Å²) in [6.07, 6.45) is -0.855. The molecule has 1 atom stereocenters. The molecule has 0 spiro atoms. The molecular weight excluding hydrogens is 340 g/mol. The second-order valence-corrected chi connectivity index (χ2v) is 5.39. The summed E-state index contributed by atoms with van der Waals surface area (Å²) in [6, 6.07) is 12.7. The zero-order chi connectivity index (χ0) is 18.7. The lowest BCUT2D eigenvalue weighted by atomic mass is 10.1. The van der Waals surface area contributed by atoms with Gasteiger partial charge in [-0.2, -0.15) is 0 Å². The van der Waals surface area contributed by atoms with E-state index in [1.807, 2.05) is 18.2 Å². The van der Waals surface area contributed by atoms with Crippen molar-refractivity contribution in [1.82, 2.24) is 10.2 Å². The Bertz CT molecular complexity index is 955. The molecule has 2 aromatic carbocycles. The number of nitrogens with zero attached hydrogens (tertiary/aromatic N) is 3. The van der Waals surface area contributed by atoms with Crippen LogP contribution in [0.1, 0.15) is 29.3 Å². The number of nitrogen functional groups attached to an aromatic ring is 1. The van der Waals surface area contributed by atoms with Gasteiger partial charge in [-0.3, -0.25) is 10.1 Å². The van der Waals surface area contributed by atoms with E-state index in [0.717, 1.165) is 11.6 Å². The number of nitro groups is 1. The minimum atomic E-state index is -0.855. The van der Waals surface area contributed by atoms with Crippen LogP contribution in [-0.2, 0) is 4.74 Å². The molecule has 3 rings (SSSR count). The summed E-state index contributed by atoms with van der Waals surface area (Å²) in [5.41, 5.74) is 6.15. The summed E-state index contributed by atoms with van der Waals surface area (Å²) in [5, 5.41) is 18.6. The number of benzene rings is 2. The standard InChI is InChI=1S/C17H14N4O5/c1-10(15-19-20-16(26-15)11-5-3-2-4-6-11)25-17(22)13-9-12(21(23)24)7-8-14(13)18/h2-10H,18H2,1H3. The SMILES string of the molecule is CC(OC(=O)c1cc([N+](=O)[O-])ccc1N)c1nnc(-c2ccccc2)o1. The topological polar surface area (TPSA) is 134 Å². The quantitative estimate of drug-likeness (QED) is 0.319. The number of anilines is 1. The van der Waals surface area contributed by atoms with Crippen molar-refractivity contribution in [3.05, 3.63) is 70.1 Å². The lowest BCUT2D eigenvalue weighted by Crippen LogP contribution is -2.12. The van der Waals surface area contributed by atoms with Crippen molar-refractivity contribution in [2.45, 2.75) is 13.0 Å². The van der Waals surface area contributed by atoms with Gasteiger partial charge in [-0.1, -0.05) is 18.2 Å². The maximum atomic E-state index is 12.3. The van der Waals surface area contributed by atoms with Crippen LogP contribution in [0.4, 0.5) is 11.4 Å². The Morgan fingerprint density at radius 2 is 1.96 bits per heavy atom. The summed E-state index contributed by atoms with van der Waals surface area (Å²) in [7, 11) is 0. The monoisotopic (exact) mass is 354 g/mol. The van der Waals surface area contributed by atoms with Gasteiger partial charge in [0.15, 0.2) is 6.10 Å². The first-order valence-electron chi connectivity index (χ1n) is 7.59. The normalized spacial score (nSPS) is 11.7. The van der Waals surface area contributed by atoms with E-state index in [2.05, 4.69) is 10.2 Å². The van der Waals surface area contributed by atoms with Crippen LogP contribution in [-0.4, -0.2) is 21.1 Å². The Hall–Kier alpha value is -3.75. The van der Waals surface area contributed by atoms with Crippen LogP contribution < -0.4 is 5.73 Å². The van der Waals surface area contributed by atoms with Crippen molar-refractivity contribution < 1.29 is 18.9 Å². The number of nitrogens with two attached hydrogens (primary N) is 1. The zero-order valence-corrected chi connectivity index (χ0v) is 13.7. The summed E-state index contributed by atoms with van der Waals surface area (Å²) in [5.74, 6) is -0.433. The van der Waals surface area contributed by atoms with Gasteiger partial charge < -0.3 is 14.9 Å². The molecule has 0 fully saturated rings. The molecule has 9 heteroatoms. The molecule has 1 unspecified atom stereocenters. The van der Waals surface area contributed by atoms with Crippen LogP contribution in [0.3, 0.4) is 0 Å². The Morgan fingerprint density at radius 3 is 2.65 bits per heavy atom. The number of nitro benzene ring substituents is 1. The number of esters is 1. The summed E-state index contributed by atoms with van der Waals surface area (Å²) in [4.78, 5) is 22.5. The minimum Gasteiger partial charge on any atom is -0.449 e. The van der Waals surface area contributed by atoms with Crippen molar-refractivity contribution in [3.8, 4) is 11.5 Å². The van der Waals surface area contributed by atoms with E-state index in [1.165, 1.54) is 12.1 Å². The third-order valence-electron chi connectivity index (χ3n) is 3.56. The molecule has 2 N–H and O–H groups in total. The number of non-ortho nitro benzene ring substituents is 1. The molecule has 0 amide bonds. The van der Waals surface area contributed by atoms with Crippen LogP contribution in [0.15, 0.2) is 52.9 Å². The van der Waals surface area contributed by atoms with Crippen LogP contribution in [0.2, 0.25) is 0 Å². The number of ether oxygens (including phenoxy) is 1. The van der Waals surface area contributed by atoms with Gasteiger partial charge in [0.1, 0.15) is 0 Å². The first-order valence-corrected chi connectivity index (χ1v) is 7.59. The largest absolute Gasteiger partial charge is 0.449 e. The van der Waals surface area contributed by atoms with E-state index in [0.29, 0.717) is 5.89 Å². The van der Waals surface area contributed by atoms with Gasteiger partial charge in [-0.25, -0.2) is 4.79 Å². The highest BCUT2D eigenvalue weighted by Gasteiger charge is 2.22. The van der Waals surface area contributed by atoms with Crippen LogP contribution in [0.25, 0.3) is 11.5 Å². The van der Waals surface area contributed by atoms with E-state index < -0.39 is 17.0 Å². The third-order valence-corrected chi connectivity index (χ3v) is 3.56. The second-order valence-electron chi connectivity index (χ2n) is 5.39. The van der Waals surface area contributed by atoms with Crippen LogP contribution in [0, 0.1) is 10.1 Å². The number of hydrogen-bond donors (Lipinski definition) is 1. The fourth-order valence-electron chi connectivity index (χ4n) is 2.21. The van der Waals surface area contributed by atoms with E-state index in [-0.39, 0.29) is 22.8 Å². The molecule has 1 heterocycles. The predicted molar refractivity (Wildman–Crippen MR) is 91.1 cm³/mol. The highest BCUT2D eigenvalue weighted by atomic mass is 16.6. The highest BCUT2D eigenvalue weighted by molar-refractivity contribution is 5.95. The fourth-order valence-corrected chi connectivity index (χ4v) is 2.21. The first kappa shape index (κ1) is 17.1. The van der Waals surface area contributed by atoms with E-state index >= 15 is 0 Å². The van der Waals surface area contributed by atoms with Gasteiger partial charge in [0.05, 0.1) is 10.5 Å².